The molecule has 2 heterocycles. The van der Waals surface area contributed by atoms with E-state index in [4.69, 9.17) is 4.74 Å². The summed E-state index contributed by atoms with van der Waals surface area (Å²) in [6, 6.07) is 5.87. The molecule has 1 fully saturated rings. The summed E-state index contributed by atoms with van der Waals surface area (Å²) >= 11 is 0. The predicted molar refractivity (Wildman–Crippen MR) is 114 cm³/mol. The van der Waals surface area contributed by atoms with Gasteiger partial charge >= 0.3 is 0 Å². The Morgan fingerprint density at radius 3 is 2.71 bits per heavy atom. The zero-order valence-electron chi connectivity index (χ0n) is 17.4. The Bertz CT molecular complexity index is 976. The van der Waals surface area contributed by atoms with Crippen LogP contribution in [0.5, 0.6) is 5.75 Å². The third kappa shape index (κ3) is 4.77. The molecule has 0 spiro atoms. The monoisotopic (exact) mass is 422 g/mol. The first-order valence-electron chi connectivity index (χ1n) is 10.5. The largest absolute Gasteiger partial charge is 0.508 e. The van der Waals surface area contributed by atoms with E-state index in [-0.39, 0.29) is 36.4 Å². The fraction of sp³-hybridized carbons (Fsp3) is 0.375. The van der Waals surface area contributed by atoms with Crippen molar-refractivity contribution in [1.82, 2.24) is 10.2 Å². The minimum absolute atomic E-state index is 0.0157. The number of carbonyl (C=O) groups excluding carboxylic acids is 3. The molecule has 1 aromatic carbocycles. The molecule has 4 rings (SSSR count). The van der Waals surface area contributed by atoms with Crippen molar-refractivity contribution in [1.29, 1.82) is 0 Å². The highest BCUT2D eigenvalue weighted by Gasteiger charge is 2.36. The van der Waals surface area contributed by atoms with Crippen molar-refractivity contribution in [2.75, 3.05) is 13.2 Å². The van der Waals surface area contributed by atoms with Crippen molar-refractivity contribution in [3.05, 3.63) is 65.4 Å². The van der Waals surface area contributed by atoms with Gasteiger partial charge in [0.05, 0.1) is 18.6 Å². The smallest absolute Gasteiger partial charge is 0.227 e. The van der Waals surface area contributed by atoms with E-state index in [0.29, 0.717) is 13.0 Å². The molecule has 7 nitrogen and oxygen atoms in total. The summed E-state index contributed by atoms with van der Waals surface area (Å²) in [5.41, 5.74) is 3.07. The number of aromatic hydroxyl groups is 1. The molecule has 162 valence electrons. The van der Waals surface area contributed by atoms with Crippen LogP contribution in [0.1, 0.15) is 25.3 Å². The quantitative estimate of drug-likeness (QED) is 0.731. The molecule has 3 aliphatic rings. The molecule has 7 heteroatoms. The van der Waals surface area contributed by atoms with Gasteiger partial charge in [-0.15, -0.1) is 0 Å². The number of Topliss-reactive ketones (excluding diaryl/α,β-unsaturated/α-hetero) is 1. The molecule has 31 heavy (non-hydrogen) atoms. The Balaban J connectivity index is 1.48. The predicted octanol–water partition coefficient (Wildman–Crippen LogP) is 2.03. The molecule has 0 saturated carbocycles. The van der Waals surface area contributed by atoms with Gasteiger partial charge in [-0.05, 0) is 48.6 Å². The summed E-state index contributed by atoms with van der Waals surface area (Å²) in [5, 5.41) is 12.3. The highest BCUT2D eigenvalue weighted by molar-refractivity contribution is 5.93. The number of fused-ring (bicyclic) bond motifs is 1. The van der Waals surface area contributed by atoms with Gasteiger partial charge in [0.1, 0.15) is 18.4 Å². The van der Waals surface area contributed by atoms with E-state index in [1.165, 1.54) is 0 Å². The van der Waals surface area contributed by atoms with Gasteiger partial charge in [-0.1, -0.05) is 30.4 Å². The fourth-order valence-corrected chi connectivity index (χ4v) is 4.12. The van der Waals surface area contributed by atoms with Crippen LogP contribution in [-0.2, 0) is 25.5 Å². The average Bonchev–Trinajstić information content (AvgIpc) is 3.33. The van der Waals surface area contributed by atoms with E-state index >= 15 is 0 Å². The summed E-state index contributed by atoms with van der Waals surface area (Å²) in [7, 11) is 0. The van der Waals surface area contributed by atoms with E-state index in [9.17, 15) is 19.5 Å². The molecule has 0 radical (unpaired) electrons. The third-order valence-corrected chi connectivity index (χ3v) is 5.97. The Morgan fingerprint density at radius 2 is 2.03 bits per heavy atom. The molecule has 3 atom stereocenters. The van der Waals surface area contributed by atoms with Crippen LogP contribution >= 0.6 is 0 Å². The summed E-state index contributed by atoms with van der Waals surface area (Å²) < 4.78 is 5.32. The van der Waals surface area contributed by atoms with Gasteiger partial charge in [0, 0.05) is 12.6 Å². The first-order valence-corrected chi connectivity index (χ1v) is 10.5. The molecular formula is C24H26N2O5. The number of benzene rings is 1. The summed E-state index contributed by atoms with van der Waals surface area (Å²) in [4.78, 5) is 39.8. The first kappa shape index (κ1) is 21.1. The van der Waals surface area contributed by atoms with Gasteiger partial charge in [0.15, 0.2) is 5.78 Å². The van der Waals surface area contributed by atoms with Crippen LogP contribution in [0.2, 0.25) is 0 Å². The average molecular weight is 422 g/mol. The molecule has 2 N–H and O–H groups in total. The van der Waals surface area contributed by atoms with Crippen LogP contribution in [0.25, 0.3) is 0 Å². The number of ketones is 1. The minimum atomic E-state index is -0.696. The van der Waals surface area contributed by atoms with Crippen molar-refractivity contribution in [3.8, 4) is 5.75 Å². The number of allylic oxidation sites excluding steroid dienone is 3. The number of phenols is 1. The SMILES string of the molecule is CC1OCC(=O)C1NC(=O)C(CC(=O)N1C=C2CC=CC=C2C1)Cc1ccc(O)cc1. The van der Waals surface area contributed by atoms with E-state index < -0.39 is 18.1 Å². The fourth-order valence-electron chi connectivity index (χ4n) is 4.12. The van der Waals surface area contributed by atoms with E-state index in [2.05, 4.69) is 5.32 Å². The highest BCUT2D eigenvalue weighted by Crippen LogP contribution is 2.28. The van der Waals surface area contributed by atoms with E-state index in [1.54, 1.807) is 36.1 Å². The number of amides is 2. The lowest BCUT2D eigenvalue weighted by atomic mass is 9.93. The number of hydrogen-bond acceptors (Lipinski definition) is 5. The molecule has 1 aliphatic carbocycles. The lowest BCUT2D eigenvalue weighted by molar-refractivity contribution is -0.135. The van der Waals surface area contributed by atoms with E-state index in [0.717, 1.165) is 23.1 Å². The second-order valence-electron chi connectivity index (χ2n) is 8.24. The van der Waals surface area contributed by atoms with E-state index in [1.807, 2.05) is 24.4 Å². The molecule has 0 bridgehead atoms. The van der Waals surface area contributed by atoms with Gasteiger partial charge in [-0.3, -0.25) is 14.4 Å². The summed E-state index contributed by atoms with van der Waals surface area (Å²) in [6.45, 7) is 2.24. The lowest BCUT2D eigenvalue weighted by Gasteiger charge is -2.22. The standard InChI is InChI=1S/C24H26N2O5/c1-15-23(21(28)14-31-15)25-24(30)19(10-16-6-8-20(27)9-7-16)11-22(29)26-12-17-4-2-3-5-18(17)13-26/h2-4,6-9,13,15,19,23,27H,5,10-12,14H2,1H3,(H,25,30). The summed E-state index contributed by atoms with van der Waals surface area (Å²) in [6.07, 6.45) is 8.66. The third-order valence-electron chi connectivity index (χ3n) is 5.97. The maximum Gasteiger partial charge on any atom is 0.227 e. The number of hydrogen-bond donors (Lipinski definition) is 2. The number of nitrogens with zero attached hydrogens (tertiary/aromatic N) is 1. The van der Waals surface area contributed by atoms with Gasteiger partial charge in [-0.2, -0.15) is 0 Å². The topological polar surface area (TPSA) is 95.9 Å². The first-order chi connectivity index (χ1) is 14.9. The van der Waals surface area contributed by atoms with Gasteiger partial charge < -0.3 is 20.1 Å². The van der Waals surface area contributed by atoms with Crippen LogP contribution in [0.15, 0.2) is 59.8 Å². The lowest BCUT2D eigenvalue weighted by Crippen LogP contribution is -2.47. The van der Waals surface area contributed by atoms with Crippen LogP contribution in [-0.4, -0.2) is 52.9 Å². The maximum atomic E-state index is 13.1. The molecular weight excluding hydrogens is 396 g/mol. The van der Waals surface area contributed by atoms with Gasteiger partial charge in [0.2, 0.25) is 11.8 Å². The number of carbonyl (C=O) groups is 3. The number of rotatable bonds is 6. The van der Waals surface area contributed by atoms with Crippen LogP contribution in [0.3, 0.4) is 0 Å². The van der Waals surface area contributed by atoms with Crippen molar-refractivity contribution in [2.45, 2.75) is 38.3 Å². The zero-order chi connectivity index (χ0) is 22.0. The van der Waals surface area contributed by atoms with Crippen LogP contribution in [0.4, 0.5) is 0 Å². The molecule has 2 aliphatic heterocycles. The normalized spacial score (nSPS) is 23.3. The van der Waals surface area contributed by atoms with Gasteiger partial charge in [0.25, 0.3) is 0 Å². The van der Waals surface area contributed by atoms with Crippen molar-refractivity contribution in [2.24, 2.45) is 5.92 Å². The van der Waals surface area contributed by atoms with Crippen molar-refractivity contribution in [3.63, 3.8) is 0 Å². The molecule has 0 aromatic heterocycles. The zero-order valence-corrected chi connectivity index (χ0v) is 17.4. The molecule has 1 aromatic rings. The van der Waals surface area contributed by atoms with Crippen LogP contribution in [0, 0.1) is 5.92 Å². The number of ether oxygens (including phenoxy) is 1. The maximum absolute atomic E-state index is 13.1. The molecule has 3 unspecified atom stereocenters. The Hall–Kier alpha value is -3.19. The Labute approximate surface area is 181 Å². The summed E-state index contributed by atoms with van der Waals surface area (Å²) in [5.74, 6) is -1.16. The Kier molecular flexibility index (Phi) is 6.04. The highest BCUT2D eigenvalue weighted by atomic mass is 16.5. The number of nitrogens with one attached hydrogen (secondary N) is 1. The van der Waals surface area contributed by atoms with Crippen molar-refractivity contribution >= 4 is 17.6 Å². The second kappa shape index (κ2) is 8.89. The molecule has 2 amide bonds. The van der Waals surface area contributed by atoms with Gasteiger partial charge in [-0.25, -0.2) is 0 Å². The Morgan fingerprint density at radius 1 is 1.26 bits per heavy atom. The molecule has 1 saturated heterocycles. The second-order valence-corrected chi connectivity index (χ2v) is 8.24. The van der Waals surface area contributed by atoms with Crippen molar-refractivity contribution < 1.29 is 24.2 Å². The number of phenolic OH excluding ortho intramolecular Hbond substituents is 1. The van der Waals surface area contributed by atoms with Crippen LogP contribution < -0.4 is 5.32 Å². The minimum Gasteiger partial charge on any atom is -0.508 e.